The van der Waals surface area contributed by atoms with Gasteiger partial charge in [0, 0.05) is 21.2 Å². The van der Waals surface area contributed by atoms with Crippen LogP contribution in [0.3, 0.4) is 0 Å². The van der Waals surface area contributed by atoms with E-state index in [1.807, 2.05) is 6.07 Å². The Morgan fingerprint density at radius 2 is 1.74 bits per heavy atom. The number of benzene rings is 2. The van der Waals surface area contributed by atoms with E-state index in [4.69, 9.17) is 10.00 Å². The molecular weight excluding hydrogens is 358 g/mol. The number of allylic oxidation sites excluding steroid dienone is 1. The maximum atomic E-state index is 12.4. The van der Waals surface area contributed by atoms with E-state index < -0.39 is 0 Å². The fourth-order valence-corrected chi connectivity index (χ4v) is 2.81. The highest BCUT2D eigenvalue weighted by molar-refractivity contribution is 9.10. The molecule has 4 nitrogen and oxygen atoms in total. The number of nitrogens with zero attached hydrogens (tertiary/aromatic N) is 1. The summed E-state index contributed by atoms with van der Waals surface area (Å²) in [4.78, 5) is 24.9. The van der Waals surface area contributed by atoms with Crippen molar-refractivity contribution < 1.29 is 14.3 Å². The molecule has 0 heterocycles. The monoisotopic (exact) mass is 367 g/mol. The summed E-state index contributed by atoms with van der Waals surface area (Å²) in [6.45, 7) is -0.111. The minimum Gasteiger partial charge on any atom is -0.478 e. The standard InChI is InChI=1S/C18H10BrNO3/c19-12-5-6-16(23-8-7-20)11(9-12)10-15-17(21)13-3-1-2-4-14(13)18(15)22/h1-6,9-10H,8H2. The Balaban J connectivity index is 2.07. The van der Waals surface area contributed by atoms with Crippen LogP contribution in [0.25, 0.3) is 6.08 Å². The van der Waals surface area contributed by atoms with Gasteiger partial charge in [-0.15, -0.1) is 0 Å². The second-order valence-electron chi connectivity index (χ2n) is 4.89. The van der Waals surface area contributed by atoms with Crippen LogP contribution in [-0.2, 0) is 0 Å². The molecule has 0 aliphatic heterocycles. The van der Waals surface area contributed by atoms with Crippen LogP contribution >= 0.6 is 15.9 Å². The number of fused-ring (bicyclic) bond motifs is 1. The Labute approximate surface area is 141 Å². The molecule has 2 aromatic rings. The number of halogens is 1. The number of carbonyl (C=O) groups excluding carboxylic acids is 2. The molecule has 0 bridgehead atoms. The number of hydrogen-bond acceptors (Lipinski definition) is 4. The lowest BCUT2D eigenvalue weighted by molar-refractivity contribution is 0.0990. The van der Waals surface area contributed by atoms with Gasteiger partial charge in [0.15, 0.2) is 18.2 Å². The van der Waals surface area contributed by atoms with Crippen LogP contribution in [-0.4, -0.2) is 18.2 Å². The van der Waals surface area contributed by atoms with E-state index in [-0.39, 0.29) is 23.7 Å². The predicted octanol–water partition coefficient (Wildman–Crippen LogP) is 3.81. The van der Waals surface area contributed by atoms with Gasteiger partial charge in [-0.3, -0.25) is 9.59 Å². The van der Waals surface area contributed by atoms with Gasteiger partial charge in [-0.05, 0) is 24.3 Å². The van der Waals surface area contributed by atoms with E-state index >= 15 is 0 Å². The number of nitriles is 1. The number of carbonyl (C=O) groups is 2. The second-order valence-corrected chi connectivity index (χ2v) is 5.81. The molecule has 1 aliphatic rings. The predicted molar refractivity (Wildman–Crippen MR) is 88.3 cm³/mol. The van der Waals surface area contributed by atoms with Crippen LogP contribution in [0.4, 0.5) is 0 Å². The second kappa shape index (κ2) is 6.19. The molecule has 2 aromatic carbocycles. The van der Waals surface area contributed by atoms with E-state index in [1.165, 1.54) is 6.08 Å². The first kappa shape index (κ1) is 15.2. The van der Waals surface area contributed by atoms with Crippen LogP contribution in [0.15, 0.2) is 52.5 Å². The first-order chi connectivity index (χ1) is 11.1. The van der Waals surface area contributed by atoms with Gasteiger partial charge in [0.25, 0.3) is 0 Å². The summed E-state index contributed by atoms with van der Waals surface area (Å²) >= 11 is 3.35. The van der Waals surface area contributed by atoms with Crippen LogP contribution in [0.5, 0.6) is 5.75 Å². The minimum atomic E-state index is -0.295. The quantitative estimate of drug-likeness (QED) is 0.610. The molecule has 0 fully saturated rings. The van der Waals surface area contributed by atoms with Gasteiger partial charge in [0.2, 0.25) is 0 Å². The zero-order valence-corrected chi connectivity index (χ0v) is 13.5. The zero-order chi connectivity index (χ0) is 16.4. The Morgan fingerprint density at radius 1 is 1.09 bits per heavy atom. The largest absolute Gasteiger partial charge is 0.478 e. The lowest BCUT2D eigenvalue weighted by atomic mass is 10.1. The molecule has 1 aliphatic carbocycles. The van der Waals surface area contributed by atoms with Gasteiger partial charge in [-0.1, -0.05) is 40.2 Å². The summed E-state index contributed by atoms with van der Waals surface area (Å²) in [5.41, 5.74) is 1.50. The smallest absolute Gasteiger partial charge is 0.197 e. The lowest BCUT2D eigenvalue weighted by Crippen LogP contribution is -2.01. The summed E-state index contributed by atoms with van der Waals surface area (Å²) in [5.74, 6) is -0.146. The molecule has 0 spiro atoms. The first-order valence-electron chi connectivity index (χ1n) is 6.81. The molecule has 3 rings (SSSR count). The molecule has 0 radical (unpaired) electrons. The average molecular weight is 368 g/mol. The van der Waals surface area contributed by atoms with Crippen molar-refractivity contribution in [1.29, 1.82) is 5.26 Å². The molecule has 5 heteroatoms. The summed E-state index contributed by atoms with van der Waals surface area (Å²) in [7, 11) is 0. The number of ketones is 2. The van der Waals surface area contributed by atoms with Crippen LogP contribution < -0.4 is 4.74 Å². The zero-order valence-electron chi connectivity index (χ0n) is 11.9. The van der Waals surface area contributed by atoms with Crippen molar-refractivity contribution in [1.82, 2.24) is 0 Å². The molecular formula is C18H10BrNO3. The third-order valence-corrected chi connectivity index (χ3v) is 3.96. The Bertz CT molecular complexity index is 856. The number of hydrogen-bond donors (Lipinski definition) is 0. The van der Waals surface area contributed by atoms with Crippen LogP contribution in [0.2, 0.25) is 0 Å². The summed E-state index contributed by atoms with van der Waals surface area (Å²) in [5, 5.41) is 8.65. The van der Waals surface area contributed by atoms with Gasteiger partial charge < -0.3 is 4.74 Å². The average Bonchev–Trinajstić information content (AvgIpc) is 2.80. The molecule has 0 saturated carbocycles. The van der Waals surface area contributed by atoms with Crippen LogP contribution in [0.1, 0.15) is 26.3 Å². The van der Waals surface area contributed by atoms with Gasteiger partial charge in [0.1, 0.15) is 11.8 Å². The SMILES string of the molecule is N#CCOc1ccc(Br)cc1C=C1C(=O)c2ccccc2C1=O. The fourth-order valence-electron chi connectivity index (χ4n) is 2.43. The van der Waals surface area contributed by atoms with Gasteiger partial charge in [-0.25, -0.2) is 0 Å². The molecule has 0 unspecified atom stereocenters. The van der Waals surface area contributed by atoms with E-state index in [0.29, 0.717) is 22.4 Å². The highest BCUT2D eigenvalue weighted by Crippen LogP contribution is 2.31. The highest BCUT2D eigenvalue weighted by atomic mass is 79.9. The number of rotatable bonds is 3. The molecule has 0 N–H and O–H groups in total. The molecule has 0 saturated heterocycles. The molecule has 0 amide bonds. The van der Waals surface area contributed by atoms with E-state index in [0.717, 1.165) is 4.47 Å². The van der Waals surface area contributed by atoms with E-state index in [1.54, 1.807) is 42.5 Å². The third-order valence-electron chi connectivity index (χ3n) is 3.47. The van der Waals surface area contributed by atoms with Crippen molar-refractivity contribution in [3.8, 4) is 11.8 Å². The molecule has 23 heavy (non-hydrogen) atoms. The Morgan fingerprint density at radius 3 is 2.35 bits per heavy atom. The van der Waals surface area contributed by atoms with Gasteiger partial charge in [-0.2, -0.15) is 5.26 Å². The van der Waals surface area contributed by atoms with Crippen molar-refractivity contribution in [2.45, 2.75) is 0 Å². The van der Waals surface area contributed by atoms with Gasteiger partial charge in [0.05, 0.1) is 5.57 Å². The normalized spacial score (nSPS) is 12.8. The molecule has 0 atom stereocenters. The summed E-state index contributed by atoms with van der Waals surface area (Å²) in [6.07, 6.45) is 1.52. The topological polar surface area (TPSA) is 67.2 Å². The maximum absolute atomic E-state index is 12.4. The Hall–Kier alpha value is -2.71. The van der Waals surface area contributed by atoms with Crippen molar-refractivity contribution in [3.63, 3.8) is 0 Å². The number of ether oxygens (including phenoxy) is 1. The van der Waals surface area contributed by atoms with E-state index in [9.17, 15) is 9.59 Å². The summed E-state index contributed by atoms with van der Waals surface area (Å²) < 4.78 is 6.13. The lowest BCUT2D eigenvalue weighted by Gasteiger charge is -2.07. The highest BCUT2D eigenvalue weighted by Gasteiger charge is 2.32. The summed E-state index contributed by atoms with van der Waals surface area (Å²) in [6, 6.07) is 13.8. The van der Waals surface area contributed by atoms with Crippen LogP contribution in [0, 0.1) is 11.3 Å². The molecule has 112 valence electrons. The van der Waals surface area contributed by atoms with Gasteiger partial charge >= 0.3 is 0 Å². The maximum Gasteiger partial charge on any atom is 0.197 e. The van der Waals surface area contributed by atoms with E-state index in [2.05, 4.69) is 15.9 Å². The minimum absolute atomic E-state index is 0.103. The van der Waals surface area contributed by atoms with Crippen molar-refractivity contribution >= 4 is 33.6 Å². The van der Waals surface area contributed by atoms with Crippen molar-refractivity contribution in [2.75, 3.05) is 6.61 Å². The first-order valence-corrected chi connectivity index (χ1v) is 7.60. The van der Waals surface area contributed by atoms with Crippen molar-refractivity contribution in [3.05, 3.63) is 69.2 Å². The molecule has 0 aromatic heterocycles. The number of Topliss-reactive ketones (excluding diaryl/α,β-unsaturated/α-hetero) is 2. The third kappa shape index (κ3) is 2.81. The fraction of sp³-hybridized carbons (Fsp3) is 0.0556. The Kier molecular flexibility index (Phi) is 4.09. The van der Waals surface area contributed by atoms with Crippen molar-refractivity contribution in [2.24, 2.45) is 0 Å².